The minimum Gasteiger partial charge on any atom is -0.478 e. The summed E-state index contributed by atoms with van der Waals surface area (Å²) in [6.07, 6.45) is 0.916. The number of hydrogen-bond acceptors (Lipinski definition) is 4. The monoisotopic (exact) mass is 302 g/mol. The number of ether oxygens (including phenoxy) is 1. The average molecular weight is 302 g/mol. The standard InChI is InChI=1S/C17H26N4O/c1-13(2)15-20-17(22-3)16(21(15)11-7-10-18)19-12-14-8-5-4-6-9-14/h4-6,8-9,13,19H,7,10-12,18H2,1-3H3. The Bertz CT molecular complexity index is 578. The molecule has 1 aromatic heterocycles. The van der Waals surface area contributed by atoms with Crippen LogP contribution in [0, 0.1) is 0 Å². The molecule has 2 aromatic rings. The number of nitrogens with one attached hydrogen (secondary N) is 1. The zero-order valence-electron chi connectivity index (χ0n) is 13.7. The van der Waals surface area contributed by atoms with Gasteiger partial charge in [0.2, 0.25) is 0 Å². The molecule has 2 rings (SSSR count). The third kappa shape index (κ3) is 3.80. The summed E-state index contributed by atoms with van der Waals surface area (Å²) in [5.74, 6) is 2.94. The van der Waals surface area contributed by atoms with E-state index in [4.69, 9.17) is 10.5 Å². The molecule has 3 N–H and O–H groups in total. The summed E-state index contributed by atoms with van der Waals surface area (Å²) in [6, 6.07) is 10.3. The zero-order valence-corrected chi connectivity index (χ0v) is 13.7. The summed E-state index contributed by atoms with van der Waals surface area (Å²) >= 11 is 0. The number of benzene rings is 1. The van der Waals surface area contributed by atoms with Gasteiger partial charge >= 0.3 is 0 Å². The number of nitrogens with zero attached hydrogens (tertiary/aromatic N) is 2. The Hall–Kier alpha value is -2.01. The first-order valence-electron chi connectivity index (χ1n) is 7.79. The molecule has 0 fully saturated rings. The fourth-order valence-electron chi connectivity index (χ4n) is 2.46. The first kappa shape index (κ1) is 16.4. The second-order valence-electron chi connectivity index (χ2n) is 5.62. The average Bonchev–Trinajstić information content (AvgIpc) is 2.89. The zero-order chi connectivity index (χ0) is 15.9. The normalized spacial score (nSPS) is 11.0. The quantitative estimate of drug-likeness (QED) is 0.787. The molecule has 0 amide bonds. The van der Waals surface area contributed by atoms with Crippen molar-refractivity contribution in [2.45, 2.75) is 39.3 Å². The largest absolute Gasteiger partial charge is 0.478 e. The third-order valence-corrected chi connectivity index (χ3v) is 3.56. The van der Waals surface area contributed by atoms with Crippen molar-refractivity contribution in [3.63, 3.8) is 0 Å². The maximum absolute atomic E-state index is 5.67. The molecule has 0 spiro atoms. The maximum atomic E-state index is 5.67. The molecule has 5 heteroatoms. The van der Waals surface area contributed by atoms with Gasteiger partial charge in [-0.25, -0.2) is 0 Å². The predicted molar refractivity (Wildman–Crippen MR) is 90.3 cm³/mol. The van der Waals surface area contributed by atoms with E-state index < -0.39 is 0 Å². The Morgan fingerprint density at radius 1 is 1.27 bits per heavy atom. The molecule has 0 radical (unpaired) electrons. The SMILES string of the molecule is COc1nc(C(C)C)n(CCCN)c1NCc1ccccc1. The van der Waals surface area contributed by atoms with Crippen molar-refractivity contribution in [1.29, 1.82) is 0 Å². The Balaban J connectivity index is 2.26. The van der Waals surface area contributed by atoms with Crippen molar-refractivity contribution < 1.29 is 4.74 Å². The smallest absolute Gasteiger partial charge is 0.257 e. The van der Waals surface area contributed by atoms with Crippen LogP contribution in [-0.4, -0.2) is 23.2 Å². The van der Waals surface area contributed by atoms with Crippen LogP contribution >= 0.6 is 0 Å². The summed E-state index contributed by atoms with van der Waals surface area (Å²) in [7, 11) is 1.66. The van der Waals surface area contributed by atoms with Crippen molar-refractivity contribution in [1.82, 2.24) is 9.55 Å². The van der Waals surface area contributed by atoms with Gasteiger partial charge in [-0.2, -0.15) is 4.98 Å². The lowest BCUT2D eigenvalue weighted by molar-refractivity contribution is 0.400. The first-order valence-corrected chi connectivity index (χ1v) is 7.79. The van der Waals surface area contributed by atoms with Gasteiger partial charge in [0, 0.05) is 19.0 Å². The van der Waals surface area contributed by atoms with E-state index in [-0.39, 0.29) is 0 Å². The van der Waals surface area contributed by atoms with E-state index in [1.54, 1.807) is 7.11 Å². The van der Waals surface area contributed by atoms with E-state index in [1.807, 2.05) is 18.2 Å². The highest BCUT2D eigenvalue weighted by atomic mass is 16.5. The molecule has 0 aliphatic carbocycles. The van der Waals surface area contributed by atoms with Crippen LogP contribution in [0.2, 0.25) is 0 Å². The maximum Gasteiger partial charge on any atom is 0.257 e. The molecule has 0 aliphatic heterocycles. The van der Waals surface area contributed by atoms with Crippen molar-refractivity contribution in [2.24, 2.45) is 5.73 Å². The van der Waals surface area contributed by atoms with Gasteiger partial charge in [-0.15, -0.1) is 0 Å². The molecule has 120 valence electrons. The summed E-state index contributed by atoms with van der Waals surface area (Å²) < 4.78 is 7.65. The predicted octanol–water partition coefficient (Wildman–Crippen LogP) is 2.98. The molecule has 0 atom stereocenters. The Morgan fingerprint density at radius 3 is 2.59 bits per heavy atom. The van der Waals surface area contributed by atoms with Gasteiger partial charge in [-0.3, -0.25) is 0 Å². The van der Waals surface area contributed by atoms with Gasteiger partial charge in [0.15, 0.2) is 5.82 Å². The van der Waals surface area contributed by atoms with E-state index in [0.29, 0.717) is 18.3 Å². The molecule has 0 bridgehead atoms. The van der Waals surface area contributed by atoms with Crippen LogP contribution in [-0.2, 0) is 13.1 Å². The molecule has 0 unspecified atom stereocenters. The highest BCUT2D eigenvalue weighted by Gasteiger charge is 2.19. The lowest BCUT2D eigenvalue weighted by Crippen LogP contribution is -2.13. The molecular formula is C17H26N4O. The highest BCUT2D eigenvalue weighted by Crippen LogP contribution is 2.29. The van der Waals surface area contributed by atoms with Gasteiger partial charge in [-0.05, 0) is 18.5 Å². The Labute approximate surface area is 132 Å². The van der Waals surface area contributed by atoms with E-state index in [0.717, 1.165) is 31.2 Å². The molecule has 0 saturated carbocycles. The molecule has 22 heavy (non-hydrogen) atoms. The van der Waals surface area contributed by atoms with Crippen LogP contribution in [0.3, 0.4) is 0 Å². The third-order valence-electron chi connectivity index (χ3n) is 3.56. The topological polar surface area (TPSA) is 65.1 Å². The van der Waals surface area contributed by atoms with E-state index in [2.05, 4.69) is 40.8 Å². The molecule has 1 heterocycles. The lowest BCUT2D eigenvalue weighted by atomic mass is 10.2. The molecule has 0 saturated heterocycles. The number of hydrogen-bond donors (Lipinski definition) is 2. The lowest BCUT2D eigenvalue weighted by Gasteiger charge is -2.14. The van der Waals surface area contributed by atoms with Crippen molar-refractivity contribution in [3.8, 4) is 5.88 Å². The van der Waals surface area contributed by atoms with E-state index in [9.17, 15) is 0 Å². The fraction of sp³-hybridized carbons (Fsp3) is 0.471. The highest BCUT2D eigenvalue weighted by molar-refractivity contribution is 5.49. The minimum absolute atomic E-state index is 0.332. The van der Waals surface area contributed by atoms with Crippen LogP contribution < -0.4 is 15.8 Å². The number of anilines is 1. The summed E-state index contributed by atoms with van der Waals surface area (Å²) in [4.78, 5) is 4.63. The molecule has 5 nitrogen and oxygen atoms in total. The molecular weight excluding hydrogens is 276 g/mol. The van der Waals surface area contributed by atoms with E-state index in [1.165, 1.54) is 5.56 Å². The van der Waals surface area contributed by atoms with Gasteiger partial charge in [0.25, 0.3) is 5.88 Å². The number of methoxy groups -OCH3 is 1. The minimum atomic E-state index is 0.332. The fourth-order valence-corrected chi connectivity index (χ4v) is 2.46. The molecule has 0 aliphatic rings. The summed E-state index contributed by atoms with van der Waals surface area (Å²) in [6.45, 7) is 6.53. The van der Waals surface area contributed by atoms with Crippen LogP contribution in [0.1, 0.15) is 37.6 Å². The van der Waals surface area contributed by atoms with Gasteiger partial charge in [0.05, 0.1) is 7.11 Å². The second kappa shape index (κ2) is 7.84. The number of nitrogens with two attached hydrogens (primary N) is 1. The van der Waals surface area contributed by atoms with Crippen LogP contribution in [0.4, 0.5) is 5.82 Å². The van der Waals surface area contributed by atoms with Crippen LogP contribution in [0.25, 0.3) is 0 Å². The van der Waals surface area contributed by atoms with Crippen LogP contribution in [0.15, 0.2) is 30.3 Å². The Morgan fingerprint density at radius 2 is 2.00 bits per heavy atom. The van der Waals surface area contributed by atoms with Crippen molar-refractivity contribution >= 4 is 5.82 Å². The second-order valence-corrected chi connectivity index (χ2v) is 5.62. The van der Waals surface area contributed by atoms with Crippen LogP contribution in [0.5, 0.6) is 5.88 Å². The van der Waals surface area contributed by atoms with Gasteiger partial charge in [-0.1, -0.05) is 44.2 Å². The van der Waals surface area contributed by atoms with Crippen molar-refractivity contribution in [2.75, 3.05) is 19.0 Å². The number of imidazole rings is 1. The summed E-state index contributed by atoms with van der Waals surface area (Å²) in [5, 5.41) is 3.47. The Kier molecular flexibility index (Phi) is 5.83. The number of aromatic nitrogens is 2. The van der Waals surface area contributed by atoms with Gasteiger partial charge < -0.3 is 20.4 Å². The van der Waals surface area contributed by atoms with Crippen molar-refractivity contribution in [3.05, 3.63) is 41.7 Å². The van der Waals surface area contributed by atoms with Gasteiger partial charge in [0.1, 0.15) is 5.82 Å². The molecule has 1 aromatic carbocycles. The first-order chi connectivity index (χ1) is 10.7. The number of rotatable bonds is 8. The van der Waals surface area contributed by atoms with E-state index >= 15 is 0 Å². The summed E-state index contributed by atoms with van der Waals surface area (Å²) in [5.41, 5.74) is 6.90.